The van der Waals surface area contributed by atoms with Crippen LogP contribution in [0.4, 0.5) is 13.2 Å². The maximum Gasteiger partial charge on any atom is 0.511 e. The summed E-state index contributed by atoms with van der Waals surface area (Å²) in [4.78, 5) is 10.3. The number of halogens is 3. The molecule has 16 heavy (non-hydrogen) atoms. The van der Waals surface area contributed by atoms with Crippen molar-refractivity contribution < 1.29 is 31.5 Å². The molecule has 0 aromatic rings. The van der Waals surface area contributed by atoms with Gasteiger partial charge in [-0.05, 0) is 5.92 Å². The zero-order valence-electron chi connectivity index (χ0n) is 8.65. The summed E-state index contributed by atoms with van der Waals surface area (Å²) in [7, 11) is -5.58. The van der Waals surface area contributed by atoms with Crippen molar-refractivity contribution in [2.45, 2.75) is 19.4 Å². The molecule has 0 unspecified atom stereocenters. The summed E-state index contributed by atoms with van der Waals surface area (Å²) in [5, 5.41) is 8.35. The minimum absolute atomic E-state index is 0.0833. The summed E-state index contributed by atoms with van der Waals surface area (Å²) in [6, 6.07) is 0. The molecule has 1 N–H and O–H groups in total. The highest BCUT2D eigenvalue weighted by molar-refractivity contribution is 7.90. The predicted octanol–water partition coefficient (Wildman–Crippen LogP) is 0.879. The number of carboxylic acids is 1. The van der Waals surface area contributed by atoms with Crippen molar-refractivity contribution in [2.75, 3.05) is 13.1 Å². The Balaban J connectivity index is 5.11. The van der Waals surface area contributed by atoms with E-state index in [1.54, 1.807) is 0 Å². The standard InChI is InChI=1S/C7H12F3NO4S/c1-5(2)3-11(4-6(12)13)16(14,15)7(8,9)10/h5H,3-4H2,1-2H3,(H,12,13). The van der Waals surface area contributed by atoms with Gasteiger partial charge in [0, 0.05) is 6.54 Å². The van der Waals surface area contributed by atoms with E-state index in [0.29, 0.717) is 0 Å². The molecule has 0 bridgehead atoms. The molecule has 0 saturated carbocycles. The number of nitrogens with zero attached hydrogens (tertiary/aromatic N) is 1. The molecule has 0 aromatic carbocycles. The minimum atomic E-state index is -5.58. The summed E-state index contributed by atoms with van der Waals surface area (Å²) in [6.07, 6.45) is 0. The van der Waals surface area contributed by atoms with Crippen LogP contribution in [0.25, 0.3) is 0 Å². The third-order valence-electron chi connectivity index (χ3n) is 1.51. The SMILES string of the molecule is CC(C)CN(CC(=O)O)S(=O)(=O)C(F)(F)F. The number of hydrogen-bond acceptors (Lipinski definition) is 3. The van der Waals surface area contributed by atoms with Crippen LogP contribution in [0.1, 0.15) is 13.8 Å². The van der Waals surface area contributed by atoms with Crippen LogP contribution in [-0.2, 0) is 14.8 Å². The van der Waals surface area contributed by atoms with Gasteiger partial charge >= 0.3 is 21.5 Å². The first-order valence-electron chi connectivity index (χ1n) is 4.26. The number of hydrogen-bond donors (Lipinski definition) is 1. The lowest BCUT2D eigenvalue weighted by Crippen LogP contribution is -2.44. The Labute approximate surface area is 90.9 Å². The van der Waals surface area contributed by atoms with Crippen LogP contribution >= 0.6 is 0 Å². The molecular weight excluding hydrogens is 251 g/mol. The van der Waals surface area contributed by atoms with Gasteiger partial charge in [-0.15, -0.1) is 0 Å². The largest absolute Gasteiger partial charge is 0.511 e. The molecule has 0 aliphatic rings. The molecule has 0 aromatic heterocycles. The lowest BCUT2D eigenvalue weighted by Gasteiger charge is -2.22. The van der Waals surface area contributed by atoms with Crippen LogP contribution in [0.3, 0.4) is 0 Å². The van der Waals surface area contributed by atoms with Crippen molar-refractivity contribution in [1.82, 2.24) is 4.31 Å². The maximum absolute atomic E-state index is 12.2. The highest BCUT2D eigenvalue weighted by Gasteiger charge is 2.50. The van der Waals surface area contributed by atoms with Crippen molar-refractivity contribution in [2.24, 2.45) is 5.92 Å². The third kappa shape index (κ3) is 3.97. The van der Waals surface area contributed by atoms with Gasteiger partial charge in [0.05, 0.1) is 0 Å². The van der Waals surface area contributed by atoms with Crippen molar-refractivity contribution in [3.8, 4) is 0 Å². The normalized spacial score (nSPS) is 13.4. The van der Waals surface area contributed by atoms with Crippen LogP contribution < -0.4 is 0 Å². The van der Waals surface area contributed by atoms with Crippen molar-refractivity contribution in [1.29, 1.82) is 0 Å². The van der Waals surface area contributed by atoms with Crippen molar-refractivity contribution >= 4 is 16.0 Å². The highest BCUT2D eigenvalue weighted by atomic mass is 32.2. The second-order valence-electron chi connectivity index (χ2n) is 3.53. The first-order valence-corrected chi connectivity index (χ1v) is 5.70. The first kappa shape index (κ1) is 15.2. The molecule has 0 atom stereocenters. The molecule has 0 radical (unpaired) electrons. The summed E-state index contributed by atoms with van der Waals surface area (Å²) >= 11 is 0. The average Bonchev–Trinajstić information content (AvgIpc) is 1.98. The van der Waals surface area contributed by atoms with Crippen molar-refractivity contribution in [3.63, 3.8) is 0 Å². The monoisotopic (exact) mass is 263 g/mol. The summed E-state index contributed by atoms with van der Waals surface area (Å²) in [5.41, 5.74) is -5.47. The predicted molar refractivity (Wildman–Crippen MR) is 49.0 cm³/mol. The lowest BCUT2D eigenvalue weighted by molar-refractivity contribution is -0.137. The molecule has 0 aliphatic heterocycles. The van der Waals surface area contributed by atoms with Crippen molar-refractivity contribution in [3.05, 3.63) is 0 Å². The van der Waals surface area contributed by atoms with Crippen LogP contribution in [0, 0.1) is 5.92 Å². The van der Waals surface area contributed by atoms with E-state index < -0.39 is 40.5 Å². The van der Waals surface area contributed by atoms with Gasteiger partial charge in [0.25, 0.3) is 0 Å². The van der Waals surface area contributed by atoms with E-state index in [4.69, 9.17) is 5.11 Å². The molecule has 0 fully saturated rings. The number of alkyl halides is 3. The van der Waals surface area contributed by atoms with E-state index in [9.17, 15) is 26.4 Å². The van der Waals surface area contributed by atoms with Gasteiger partial charge in [-0.2, -0.15) is 17.5 Å². The van der Waals surface area contributed by atoms with E-state index >= 15 is 0 Å². The van der Waals surface area contributed by atoms with E-state index in [1.165, 1.54) is 13.8 Å². The van der Waals surface area contributed by atoms with Crippen LogP contribution in [0.5, 0.6) is 0 Å². The highest BCUT2D eigenvalue weighted by Crippen LogP contribution is 2.27. The number of carbonyl (C=O) groups is 1. The molecule has 0 saturated heterocycles. The quantitative estimate of drug-likeness (QED) is 0.799. The lowest BCUT2D eigenvalue weighted by atomic mass is 10.2. The Morgan fingerprint density at radius 1 is 1.38 bits per heavy atom. The van der Waals surface area contributed by atoms with Gasteiger partial charge in [-0.3, -0.25) is 4.79 Å². The van der Waals surface area contributed by atoms with Crippen LogP contribution in [0.15, 0.2) is 0 Å². The molecule has 0 aliphatic carbocycles. The number of sulfonamides is 1. The first-order chi connectivity index (χ1) is 6.98. The topological polar surface area (TPSA) is 74.7 Å². The van der Waals surface area contributed by atoms with Crippen LogP contribution in [-0.4, -0.2) is 42.4 Å². The molecule has 9 heteroatoms. The smallest absolute Gasteiger partial charge is 0.480 e. The summed E-state index contributed by atoms with van der Waals surface area (Å²) in [6.45, 7) is 1.29. The summed E-state index contributed by atoms with van der Waals surface area (Å²) < 4.78 is 58.3. The fourth-order valence-corrected chi connectivity index (χ4v) is 2.02. The van der Waals surface area contributed by atoms with Gasteiger partial charge in [0.15, 0.2) is 0 Å². The molecule has 0 rings (SSSR count). The number of rotatable bonds is 5. The van der Waals surface area contributed by atoms with Crippen LogP contribution in [0.2, 0.25) is 0 Å². The second-order valence-corrected chi connectivity index (χ2v) is 5.46. The number of aliphatic carboxylic acids is 1. The minimum Gasteiger partial charge on any atom is -0.480 e. The summed E-state index contributed by atoms with van der Waals surface area (Å²) in [5.74, 6) is -2.04. The molecule has 0 amide bonds. The Hall–Kier alpha value is -0.830. The van der Waals surface area contributed by atoms with Gasteiger partial charge in [0.1, 0.15) is 6.54 Å². The average molecular weight is 263 g/mol. The fourth-order valence-electron chi connectivity index (χ4n) is 0.952. The van der Waals surface area contributed by atoms with E-state index in [-0.39, 0.29) is 4.31 Å². The number of carboxylic acid groups (broad SMARTS) is 1. The molecular formula is C7H12F3NO4S. The van der Waals surface area contributed by atoms with Gasteiger partial charge < -0.3 is 5.11 Å². The Kier molecular flexibility index (Phi) is 4.74. The van der Waals surface area contributed by atoms with E-state index in [0.717, 1.165) is 0 Å². The molecule has 96 valence electrons. The fraction of sp³-hybridized carbons (Fsp3) is 0.857. The Morgan fingerprint density at radius 3 is 2.06 bits per heavy atom. The van der Waals surface area contributed by atoms with Gasteiger partial charge in [0.2, 0.25) is 0 Å². The Bertz CT molecular complexity index is 349. The van der Waals surface area contributed by atoms with Gasteiger partial charge in [-0.25, -0.2) is 8.42 Å². The van der Waals surface area contributed by atoms with E-state index in [1.807, 2.05) is 0 Å². The molecule has 5 nitrogen and oxygen atoms in total. The third-order valence-corrected chi connectivity index (χ3v) is 3.06. The van der Waals surface area contributed by atoms with Gasteiger partial charge in [-0.1, -0.05) is 13.8 Å². The molecule has 0 heterocycles. The maximum atomic E-state index is 12.2. The zero-order valence-corrected chi connectivity index (χ0v) is 9.47. The van der Waals surface area contributed by atoms with E-state index in [2.05, 4.69) is 0 Å². The Morgan fingerprint density at radius 2 is 1.81 bits per heavy atom. The second kappa shape index (κ2) is 5.00. The zero-order chi connectivity index (χ0) is 13.1. The molecule has 0 spiro atoms.